The van der Waals surface area contributed by atoms with Crippen LogP contribution in [0.1, 0.15) is 6.92 Å². The zero-order chi connectivity index (χ0) is 16.3. The van der Waals surface area contributed by atoms with Crippen molar-refractivity contribution in [3.8, 4) is 0 Å². The molecule has 1 aromatic rings. The number of carbonyl (C=O) groups is 1. The molecule has 9 nitrogen and oxygen atoms in total. The lowest BCUT2D eigenvalue weighted by Gasteiger charge is -2.31. The zero-order valence-electron chi connectivity index (χ0n) is 11.7. The number of nitrogens with zero attached hydrogens (tertiary/aromatic N) is 2. The summed E-state index contributed by atoms with van der Waals surface area (Å²) in [5.74, 6) is -0.602. The average molecular weight is 330 g/mol. The summed E-state index contributed by atoms with van der Waals surface area (Å²) in [5.41, 5.74) is -0.502. The van der Waals surface area contributed by atoms with Gasteiger partial charge in [-0.3, -0.25) is 14.9 Å². The summed E-state index contributed by atoms with van der Waals surface area (Å²) >= 11 is 0. The van der Waals surface area contributed by atoms with Gasteiger partial charge in [0.25, 0.3) is 5.69 Å². The van der Waals surface area contributed by atoms with Crippen LogP contribution in [-0.4, -0.2) is 49.6 Å². The fraction of sp³-hybridized carbons (Fsp3) is 0.417. The highest BCUT2D eigenvalue weighted by Gasteiger charge is 2.35. The summed E-state index contributed by atoms with van der Waals surface area (Å²) in [6, 6.07) is 5.09. The number of carbonyl (C=O) groups excluding carboxylic acids is 1. The maximum atomic E-state index is 12.6. The number of ether oxygens (including phenoxy) is 2. The minimum Gasteiger partial charge on any atom is -0.434 e. The van der Waals surface area contributed by atoms with Crippen LogP contribution in [0.4, 0.5) is 5.69 Å². The predicted octanol–water partition coefficient (Wildman–Crippen LogP) is 0.505. The lowest BCUT2D eigenvalue weighted by atomic mass is 10.3. The average Bonchev–Trinajstić information content (AvgIpc) is 2.46. The summed E-state index contributed by atoms with van der Waals surface area (Å²) in [6.07, 6.45) is -1.02. The van der Waals surface area contributed by atoms with Crippen molar-refractivity contribution in [2.75, 3.05) is 19.7 Å². The van der Waals surface area contributed by atoms with E-state index in [2.05, 4.69) is 0 Å². The van der Waals surface area contributed by atoms with Crippen molar-refractivity contribution < 1.29 is 27.6 Å². The van der Waals surface area contributed by atoms with E-state index in [4.69, 9.17) is 9.47 Å². The number of nitro groups is 1. The molecule has 1 unspecified atom stereocenters. The Kier molecular flexibility index (Phi) is 4.74. The molecule has 1 heterocycles. The summed E-state index contributed by atoms with van der Waals surface area (Å²) < 4.78 is 36.1. The van der Waals surface area contributed by atoms with Crippen LogP contribution in [-0.2, 0) is 24.3 Å². The molecule has 0 aromatic heterocycles. The van der Waals surface area contributed by atoms with E-state index in [-0.39, 0.29) is 19.7 Å². The molecule has 1 fully saturated rings. The first-order valence-corrected chi connectivity index (χ1v) is 7.79. The van der Waals surface area contributed by atoms with E-state index < -0.39 is 37.8 Å². The third-order valence-corrected chi connectivity index (χ3v) is 4.89. The molecule has 0 spiro atoms. The first kappa shape index (κ1) is 16.3. The van der Waals surface area contributed by atoms with Crippen molar-refractivity contribution in [1.82, 2.24) is 4.31 Å². The highest BCUT2D eigenvalue weighted by molar-refractivity contribution is 7.89. The lowest BCUT2D eigenvalue weighted by molar-refractivity contribution is -0.387. The Morgan fingerprint density at radius 2 is 2.14 bits per heavy atom. The lowest BCUT2D eigenvalue weighted by Crippen LogP contribution is -2.47. The predicted molar refractivity (Wildman–Crippen MR) is 73.4 cm³/mol. The Morgan fingerprint density at radius 3 is 2.77 bits per heavy atom. The number of morpholine rings is 1. The van der Waals surface area contributed by atoms with Crippen LogP contribution in [0.25, 0.3) is 0 Å². The van der Waals surface area contributed by atoms with Gasteiger partial charge >= 0.3 is 5.97 Å². The molecule has 0 radical (unpaired) electrons. The number of benzene rings is 1. The molecule has 22 heavy (non-hydrogen) atoms. The monoisotopic (exact) mass is 330 g/mol. The second-order valence-corrected chi connectivity index (χ2v) is 6.40. The van der Waals surface area contributed by atoms with Crippen LogP contribution in [0, 0.1) is 10.1 Å². The molecule has 2 rings (SSSR count). The Hall–Kier alpha value is -2.04. The smallest absolute Gasteiger partial charge is 0.304 e. The zero-order valence-corrected chi connectivity index (χ0v) is 12.5. The third-order valence-electron chi connectivity index (χ3n) is 2.97. The Labute approximate surface area is 126 Å². The number of nitro benzene ring substituents is 1. The summed E-state index contributed by atoms with van der Waals surface area (Å²) in [4.78, 5) is 20.8. The van der Waals surface area contributed by atoms with Crippen molar-refractivity contribution in [3.63, 3.8) is 0 Å². The molecular formula is C12H14N2O7S. The van der Waals surface area contributed by atoms with Gasteiger partial charge in [-0.05, 0) is 6.07 Å². The van der Waals surface area contributed by atoms with Gasteiger partial charge in [0.1, 0.15) is 0 Å². The van der Waals surface area contributed by atoms with Crippen molar-refractivity contribution in [3.05, 3.63) is 34.4 Å². The van der Waals surface area contributed by atoms with Gasteiger partial charge in [0.05, 0.1) is 18.1 Å². The summed E-state index contributed by atoms with van der Waals surface area (Å²) in [7, 11) is -4.09. The molecule has 1 aliphatic rings. The molecule has 0 amide bonds. The fourth-order valence-corrected chi connectivity index (χ4v) is 3.60. The van der Waals surface area contributed by atoms with Crippen LogP contribution in [0.15, 0.2) is 29.2 Å². The van der Waals surface area contributed by atoms with Gasteiger partial charge < -0.3 is 9.47 Å². The first-order chi connectivity index (χ1) is 10.3. The van der Waals surface area contributed by atoms with Crippen molar-refractivity contribution in [2.45, 2.75) is 18.1 Å². The molecule has 0 N–H and O–H groups in total. The van der Waals surface area contributed by atoms with Gasteiger partial charge in [0.2, 0.25) is 16.3 Å². The quantitative estimate of drug-likeness (QED) is 0.448. The topological polar surface area (TPSA) is 116 Å². The largest absolute Gasteiger partial charge is 0.434 e. The molecule has 0 bridgehead atoms. The fourth-order valence-electron chi connectivity index (χ4n) is 2.04. The van der Waals surface area contributed by atoms with E-state index in [1.54, 1.807) is 0 Å². The number of para-hydroxylation sites is 1. The van der Waals surface area contributed by atoms with Crippen LogP contribution in [0.5, 0.6) is 0 Å². The van der Waals surface area contributed by atoms with E-state index >= 15 is 0 Å². The number of hydrogen-bond donors (Lipinski definition) is 0. The van der Waals surface area contributed by atoms with E-state index in [9.17, 15) is 23.3 Å². The first-order valence-electron chi connectivity index (χ1n) is 6.35. The van der Waals surface area contributed by atoms with Gasteiger partial charge in [-0.15, -0.1) is 0 Å². The Balaban J connectivity index is 2.30. The highest BCUT2D eigenvalue weighted by Crippen LogP contribution is 2.27. The third kappa shape index (κ3) is 3.40. The maximum Gasteiger partial charge on any atom is 0.304 e. The van der Waals surface area contributed by atoms with E-state index in [0.29, 0.717) is 0 Å². The molecule has 0 aliphatic carbocycles. The van der Waals surface area contributed by atoms with Gasteiger partial charge in [-0.1, -0.05) is 12.1 Å². The number of rotatable bonds is 4. The highest BCUT2D eigenvalue weighted by atomic mass is 32.2. The molecule has 1 saturated heterocycles. The van der Waals surface area contributed by atoms with E-state index in [1.165, 1.54) is 25.1 Å². The molecular weight excluding hydrogens is 316 g/mol. The molecule has 0 saturated carbocycles. The van der Waals surface area contributed by atoms with E-state index in [1.807, 2.05) is 0 Å². The van der Waals surface area contributed by atoms with Crippen molar-refractivity contribution in [2.24, 2.45) is 0 Å². The number of esters is 1. The summed E-state index contributed by atoms with van der Waals surface area (Å²) in [5, 5.41) is 11.0. The van der Waals surface area contributed by atoms with Gasteiger partial charge in [0.15, 0.2) is 4.90 Å². The van der Waals surface area contributed by atoms with Crippen LogP contribution in [0.3, 0.4) is 0 Å². The Bertz CT molecular complexity index is 688. The second-order valence-electron chi connectivity index (χ2n) is 4.50. The minimum atomic E-state index is -4.09. The van der Waals surface area contributed by atoms with Crippen LogP contribution < -0.4 is 0 Å². The van der Waals surface area contributed by atoms with Gasteiger partial charge in [0, 0.05) is 19.5 Å². The maximum absolute atomic E-state index is 12.6. The van der Waals surface area contributed by atoms with Gasteiger partial charge in [-0.25, -0.2) is 8.42 Å². The Morgan fingerprint density at radius 1 is 1.45 bits per heavy atom. The summed E-state index contributed by atoms with van der Waals surface area (Å²) in [6.45, 7) is 1.01. The van der Waals surface area contributed by atoms with Crippen molar-refractivity contribution in [1.29, 1.82) is 0 Å². The number of hydrogen-bond acceptors (Lipinski definition) is 7. The molecule has 10 heteroatoms. The van der Waals surface area contributed by atoms with E-state index in [0.717, 1.165) is 10.4 Å². The minimum absolute atomic E-state index is 0.0200. The number of sulfonamides is 1. The standard InChI is InChI=1S/C12H14N2O7S/c1-9(15)21-12-8-13(6-7-20-12)22(18,19)11-5-3-2-4-10(11)14(16)17/h2-5,12H,6-8H2,1H3. The molecule has 1 aromatic carbocycles. The molecule has 1 atom stereocenters. The molecule has 120 valence electrons. The van der Waals surface area contributed by atoms with Crippen LogP contribution in [0.2, 0.25) is 0 Å². The van der Waals surface area contributed by atoms with Crippen LogP contribution >= 0.6 is 0 Å². The molecule has 1 aliphatic heterocycles. The van der Waals surface area contributed by atoms with Gasteiger partial charge in [-0.2, -0.15) is 4.31 Å². The second kappa shape index (κ2) is 6.38. The van der Waals surface area contributed by atoms with Crippen molar-refractivity contribution >= 4 is 21.7 Å². The SMILES string of the molecule is CC(=O)OC1CN(S(=O)(=O)c2ccccc2[N+](=O)[O-])CCO1. The normalized spacial score (nSPS) is 19.6.